The Balaban J connectivity index is 3.25. The monoisotopic (exact) mass is 156 g/mol. The number of rotatable bonds is 1. The summed E-state index contributed by atoms with van der Waals surface area (Å²) < 4.78 is 0. The van der Waals surface area contributed by atoms with Crippen molar-refractivity contribution >= 4 is 5.57 Å². The average Bonchev–Trinajstić information content (AvgIpc) is 2.16. The van der Waals surface area contributed by atoms with Gasteiger partial charge in [-0.25, -0.2) is 0 Å². The van der Waals surface area contributed by atoms with Crippen LogP contribution in [0.2, 0.25) is 0 Å². The summed E-state index contributed by atoms with van der Waals surface area (Å²) in [7, 11) is 0. The first kappa shape index (κ1) is 8.62. The summed E-state index contributed by atoms with van der Waals surface area (Å²) in [5.41, 5.74) is 3.35. The summed E-state index contributed by atoms with van der Waals surface area (Å²) in [4.78, 5) is 0. The van der Waals surface area contributed by atoms with Crippen molar-refractivity contribution < 1.29 is 0 Å². The van der Waals surface area contributed by atoms with Crippen LogP contribution in [0.25, 0.3) is 5.57 Å². The fraction of sp³-hybridized carbons (Fsp3) is 0.167. The highest BCUT2D eigenvalue weighted by Crippen LogP contribution is 2.17. The highest BCUT2D eigenvalue weighted by molar-refractivity contribution is 5.69. The van der Waals surface area contributed by atoms with E-state index in [2.05, 4.69) is 18.9 Å². The Bertz CT molecular complexity index is 337. The lowest BCUT2D eigenvalue weighted by molar-refractivity contribution is 1.51. The minimum absolute atomic E-state index is 0.966. The summed E-state index contributed by atoms with van der Waals surface area (Å²) in [6, 6.07) is 7.97. The van der Waals surface area contributed by atoms with Crippen LogP contribution in [-0.4, -0.2) is 0 Å². The third kappa shape index (κ3) is 1.57. The second-order valence-corrected chi connectivity index (χ2v) is 2.66. The van der Waals surface area contributed by atoms with Crippen molar-refractivity contribution in [1.29, 1.82) is 0 Å². The summed E-state index contributed by atoms with van der Waals surface area (Å²) in [6.45, 7) is 4.08. The Hall–Kier alpha value is -1.48. The van der Waals surface area contributed by atoms with Crippen LogP contribution in [0, 0.1) is 12.3 Å². The maximum atomic E-state index is 5.37. The van der Waals surface area contributed by atoms with Crippen LogP contribution in [0.3, 0.4) is 0 Å². The van der Waals surface area contributed by atoms with E-state index in [-0.39, 0.29) is 0 Å². The number of allylic oxidation sites excluding steroid dienone is 2. The zero-order chi connectivity index (χ0) is 8.97. The molecule has 0 amide bonds. The van der Waals surface area contributed by atoms with Crippen LogP contribution in [0.15, 0.2) is 30.3 Å². The van der Waals surface area contributed by atoms with Crippen molar-refractivity contribution in [3.05, 3.63) is 41.5 Å². The van der Waals surface area contributed by atoms with Gasteiger partial charge in [0.05, 0.1) is 0 Å². The lowest BCUT2D eigenvalue weighted by Crippen LogP contribution is -1.84. The van der Waals surface area contributed by atoms with Gasteiger partial charge in [-0.05, 0) is 31.1 Å². The van der Waals surface area contributed by atoms with E-state index in [9.17, 15) is 0 Å². The molecular formula is C12H12. The first-order valence-electron chi connectivity index (χ1n) is 3.98. The molecule has 1 aromatic carbocycles. The van der Waals surface area contributed by atoms with E-state index >= 15 is 0 Å². The molecule has 0 heteroatoms. The van der Waals surface area contributed by atoms with Gasteiger partial charge in [0.15, 0.2) is 0 Å². The van der Waals surface area contributed by atoms with Gasteiger partial charge in [-0.15, -0.1) is 6.42 Å². The van der Waals surface area contributed by atoms with Crippen LogP contribution < -0.4 is 0 Å². The summed E-state index contributed by atoms with van der Waals surface area (Å²) in [5.74, 6) is 2.67. The largest absolute Gasteiger partial charge is 0.115 e. The van der Waals surface area contributed by atoms with Gasteiger partial charge in [0, 0.05) is 5.56 Å². The first-order valence-corrected chi connectivity index (χ1v) is 3.98. The van der Waals surface area contributed by atoms with Crippen molar-refractivity contribution in [1.82, 2.24) is 0 Å². The number of benzene rings is 1. The van der Waals surface area contributed by atoms with E-state index in [1.807, 2.05) is 31.2 Å². The van der Waals surface area contributed by atoms with Crippen LogP contribution in [0.5, 0.6) is 0 Å². The van der Waals surface area contributed by atoms with Crippen molar-refractivity contribution in [2.75, 3.05) is 0 Å². The lowest BCUT2D eigenvalue weighted by Gasteiger charge is -2.02. The number of hydrogen-bond acceptors (Lipinski definition) is 0. The molecule has 1 rings (SSSR count). The van der Waals surface area contributed by atoms with Crippen molar-refractivity contribution in [3.63, 3.8) is 0 Å². The molecule has 1 aromatic rings. The molecule has 0 nitrogen and oxygen atoms in total. The van der Waals surface area contributed by atoms with Crippen LogP contribution in [-0.2, 0) is 0 Å². The zero-order valence-electron chi connectivity index (χ0n) is 7.46. The van der Waals surface area contributed by atoms with Gasteiger partial charge in [-0.3, -0.25) is 0 Å². The Labute approximate surface area is 73.9 Å². The summed E-state index contributed by atoms with van der Waals surface area (Å²) in [5, 5.41) is 0. The molecule has 0 saturated heterocycles. The van der Waals surface area contributed by atoms with Gasteiger partial charge in [0.2, 0.25) is 0 Å². The lowest BCUT2D eigenvalue weighted by atomic mass is 10.0. The van der Waals surface area contributed by atoms with Gasteiger partial charge in [-0.2, -0.15) is 0 Å². The smallest absolute Gasteiger partial charge is 0.0317 e. The molecule has 0 saturated carbocycles. The van der Waals surface area contributed by atoms with Crippen LogP contribution >= 0.6 is 0 Å². The number of terminal acetylenes is 1. The third-order valence-electron chi connectivity index (χ3n) is 1.94. The highest BCUT2D eigenvalue weighted by Gasteiger charge is 1.98. The molecular weight excluding hydrogens is 144 g/mol. The molecule has 0 spiro atoms. The molecule has 0 unspecified atom stereocenters. The first-order chi connectivity index (χ1) is 5.79. The maximum absolute atomic E-state index is 5.37. The van der Waals surface area contributed by atoms with Crippen molar-refractivity contribution in [2.24, 2.45) is 0 Å². The van der Waals surface area contributed by atoms with Crippen molar-refractivity contribution in [3.8, 4) is 12.3 Å². The molecule has 0 aromatic heterocycles. The average molecular weight is 156 g/mol. The molecule has 0 radical (unpaired) electrons. The molecule has 0 bridgehead atoms. The Morgan fingerprint density at radius 3 is 2.67 bits per heavy atom. The predicted octanol–water partition coefficient (Wildman–Crippen LogP) is 3.09. The third-order valence-corrected chi connectivity index (χ3v) is 1.94. The van der Waals surface area contributed by atoms with Crippen LogP contribution in [0.1, 0.15) is 25.0 Å². The fourth-order valence-electron chi connectivity index (χ4n) is 1.11. The van der Waals surface area contributed by atoms with E-state index < -0.39 is 0 Å². The second kappa shape index (κ2) is 3.78. The highest BCUT2D eigenvalue weighted by atomic mass is 14.0. The fourth-order valence-corrected chi connectivity index (χ4v) is 1.11. The number of hydrogen-bond donors (Lipinski definition) is 0. The van der Waals surface area contributed by atoms with Crippen molar-refractivity contribution in [2.45, 2.75) is 13.8 Å². The molecule has 60 valence electrons. The molecule has 12 heavy (non-hydrogen) atoms. The Kier molecular flexibility index (Phi) is 2.71. The predicted molar refractivity (Wildman–Crippen MR) is 53.7 cm³/mol. The normalized spacial score (nSPS) is 10.9. The quantitative estimate of drug-likeness (QED) is 0.548. The topological polar surface area (TPSA) is 0 Å². The van der Waals surface area contributed by atoms with E-state index in [0.717, 1.165) is 11.1 Å². The second-order valence-electron chi connectivity index (χ2n) is 2.66. The summed E-state index contributed by atoms with van der Waals surface area (Å²) in [6.07, 6.45) is 7.43. The van der Waals surface area contributed by atoms with Crippen LogP contribution in [0.4, 0.5) is 0 Å². The molecule has 0 atom stereocenters. The van der Waals surface area contributed by atoms with E-state index in [0.29, 0.717) is 0 Å². The molecule has 0 aliphatic carbocycles. The Morgan fingerprint density at radius 1 is 1.42 bits per heavy atom. The van der Waals surface area contributed by atoms with E-state index in [4.69, 9.17) is 6.42 Å². The van der Waals surface area contributed by atoms with E-state index in [1.165, 1.54) is 5.57 Å². The van der Waals surface area contributed by atoms with Gasteiger partial charge >= 0.3 is 0 Å². The van der Waals surface area contributed by atoms with Gasteiger partial charge in [0.1, 0.15) is 0 Å². The molecule has 0 aliphatic heterocycles. The molecule has 0 aliphatic rings. The Morgan fingerprint density at radius 2 is 2.08 bits per heavy atom. The van der Waals surface area contributed by atoms with Gasteiger partial charge in [-0.1, -0.05) is 30.2 Å². The summed E-state index contributed by atoms with van der Waals surface area (Å²) >= 11 is 0. The molecule has 0 heterocycles. The SMILES string of the molecule is C#Cc1ccccc1/C(C)=C\C. The maximum Gasteiger partial charge on any atom is 0.0317 e. The van der Waals surface area contributed by atoms with Gasteiger partial charge < -0.3 is 0 Å². The minimum atomic E-state index is 0.966. The van der Waals surface area contributed by atoms with Gasteiger partial charge in [0.25, 0.3) is 0 Å². The molecule has 0 fully saturated rings. The zero-order valence-corrected chi connectivity index (χ0v) is 7.46. The van der Waals surface area contributed by atoms with E-state index in [1.54, 1.807) is 0 Å². The minimum Gasteiger partial charge on any atom is -0.115 e. The molecule has 0 N–H and O–H groups in total. The standard InChI is InChI=1S/C12H12/c1-4-10(3)12-9-7-6-8-11(12)5-2/h2,4,6-9H,1,3H3/b10-4-.